The quantitative estimate of drug-likeness (QED) is 0.909. The smallest absolute Gasteiger partial charge is 0.262 e. The van der Waals surface area contributed by atoms with Gasteiger partial charge in [-0.15, -0.1) is 11.3 Å². The molecule has 2 aliphatic rings. The molecule has 0 unspecified atom stereocenters. The fraction of sp³-hybridized carbons (Fsp3) is 0.500. The van der Waals surface area contributed by atoms with Gasteiger partial charge in [-0.2, -0.15) is 5.10 Å². The number of carbonyl (C=O) groups is 1. The maximum absolute atomic E-state index is 12.5. The van der Waals surface area contributed by atoms with Gasteiger partial charge >= 0.3 is 0 Å². The fourth-order valence-electron chi connectivity index (χ4n) is 3.11. The average molecular weight is 288 g/mol. The first kappa shape index (κ1) is 12.1. The normalized spacial score (nSPS) is 19.4. The second kappa shape index (κ2) is 4.41. The van der Waals surface area contributed by atoms with Crippen LogP contribution in [-0.2, 0) is 18.4 Å². The first-order chi connectivity index (χ1) is 9.77. The van der Waals surface area contributed by atoms with Gasteiger partial charge in [0.15, 0.2) is 0 Å². The molecular formula is C14H16N4OS. The Morgan fingerprint density at radius 3 is 2.90 bits per heavy atom. The Kier molecular flexibility index (Phi) is 2.66. The minimum atomic E-state index is -0.331. The van der Waals surface area contributed by atoms with E-state index in [-0.39, 0.29) is 11.4 Å². The lowest BCUT2D eigenvalue weighted by Crippen LogP contribution is -2.51. The number of H-pyrrole nitrogens is 1. The van der Waals surface area contributed by atoms with Gasteiger partial charge in [0, 0.05) is 4.88 Å². The van der Waals surface area contributed by atoms with Crippen LogP contribution in [0.2, 0.25) is 0 Å². The van der Waals surface area contributed by atoms with E-state index in [4.69, 9.17) is 0 Å². The van der Waals surface area contributed by atoms with Gasteiger partial charge in [-0.05, 0) is 50.2 Å². The van der Waals surface area contributed by atoms with Crippen LogP contribution in [0.3, 0.4) is 0 Å². The second-order valence-corrected chi connectivity index (χ2v) is 6.77. The number of thiophene rings is 1. The fourth-order valence-corrected chi connectivity index (χ4v) is 4.26. The molecule has 0 aromatic carbocycles. The van der Waals surface area contributed by atoms with Gasteiger partial charge in [0.05, 0.1) is 10.4 Å². The Balaban J connectivity index is 1.57. The lowest BCUT2D eigenvalue weighted by atomic mass is 9.76. The van der Waals surface area contributed by atoms with Crippen LogP contribution in [-0.4, -0.2) is 21.1 Å². The molecule has 0 aliphatic heterocycles. The van der Waals surface area contributed by atoms with Crippen molar-refractivity contribution in [1.82, 2.24) is 20.5 Å². The maximum Gasteiger partial charge on any atom is 0.262 e. The van der Waals surface area contributed by atoms with Gasteiger partial charge < -0.3 is 5.32 Å². The molecule has 0 atom stereocenters. The van der Waals surface area contributed by atoms with Gasteiger partial charge in [-0.25, -0.2) is 4.98 Å². The van der Waals surface area contributed by atoms with E-state index in [0.717, 1.165) is 42.8 Å². The van der Waals surface area contributed by atoms with Crippen molar-refractivity contribution >= 4 is 17.2 Å². The Morgan fingerprint density at radius 2 is 2.25 bits per heavy atom. The van der Waals surface area contributed by atoms with Crippen molar-refractivity contribution < 1.29 is 4.79 Å². The van der Waals surface area contributed by atoms with Crippen molar-refractivity contribution in [2.45, 2.75) is 44.1 Å². The SMILES string of the molecule is O=C(NC1(c2ncn[nH]2)CCC1)c1cc2c(s1)CCC2. The molecular weight excluding hydrogens is 272 g/mol. The Morgan fingerprint density at radius 1 is 1.35 bits per heavy atom. The van der Waals surface area contributed by atoms with Crippen LogP contribution in [0.15, 0.2) is 12.4 Å². The molecule has 2 aliphatic carbocycles. The summed E-state index contributed by atoms with van der Waals surface area (Å²) in [6.45, 7) is 0. The van der Waals surface area contributed by atoms with E-state index >= 15 is 0 Å². The molecule has 0 spiro atoms. The number of amides is 1. The van der Waals surface area contributed by atoms with E-state index in [1.807, 2.05) is 0 Å². The number of aromatic nitrogens is 3. The molecule has 2 aromatic rings. The number of fused-ring (bicyclic) bond motifs is 1. The van der Waals surface area contributed by atoms with Crippen molar-refractivity contribution in [2.24, 2.45) is 0 Å². The van der Waals surface area contributed by atoms with Crippen LogP contribution >= 0.6 is 11.3 Å². The van der Waals surface area contributed by atoms with Crippen molar-refractivity contribution in [3.63, 3.8) is 0 Å². The average Bonchev–Trinajstić information content (AvgIpc) is 3.07. The van der Waals surface area contributed by atoms with Crippen LogP contribution in [0.4, 0.5) is 0 Å². The molecule has 2 N–H and O–H groups in total. The van der Waals surface area contributed by atoms with Crippen LogP contribution in [0.5, 0.6) is 0 Å². The molecule has 20 heavy (non-hydrogen) atoms. The van der Waals surface area contributed by atoms with Gasteiger partial charge in [0.2, 0.25) is 0 Å². The summed E-state index contributed by atoms with van der Waals surface area (Å²) in [5.74, 6) is 0.807. The molecule has 4 rings (SSSR count). The van der Waals surface area contributed by atoms with E-state index < -0.39 is 0 Å². The highest BCUT2D eigenvalue weighted by molar-refractivity contribution is 7.14. The third kappa shape index (κ3) is 1.78. The first-order valence-corrected chi connectivity index (χ1v) is 7.88. The highest BCUT2D eigenvalue weighted by Gasteiger charge is 2.43. The number of aryl methyl sites for hydroxylation is 2. The largest absolute Gasteiger partial charge is 0.339 e. The lowest BCUT2D eigenvalue weighted by Gasteiger charge is -2.40. The van der Waals surface area contributed by atoms with E-state index in [1.165, 1.54) is 23.2 Å². The van der Waals surface area contributed by atoms with Crippen molar-refractivity contribution in [3.8, 4) is 0 Å². The van der Waals surface area contributed by atoms with Gasteiger partial charge in [-0.1, -0.05) is 0 Å². The minimum absolute atomic E-state index is 0.0282. The lowest BCUT2D eigenvalue weighted by molar-refractivity contribution is 0.0814. The number of carbonyl (C=O) groups excluding carboxylic acids is 1. The molecule has 1 fully saturated rings. The zero-order valence-corrected chi connectivity index (χ0v) is 11.9. The van der Waals surface area contributed by atoms with Crippen LogP contribution in [0.1, 0.15) is 51.6 Å². The van der Waals surface area contributed by atoms with Crippen molar-refractivity contribution in [2.75, 3.05) is 0 Å². The Bertz CT molecular complexity index is 621. The summed E-state index contributed by atoms with van der Waals surface area (Å²) in [6, 6.07) is 2.06. The van der Waals surface area contributed by atoms with Crippen LogP contribution in [0, 0.1) is 0 Å². The third-order valence-electron chi connectivity index (χ3n) is 4.40. The summed E-state index contributed by atoms with van der Waals surface area (Å²) in [4.78, 5) is 18.9. The zero-order valence-electron chi connectivity index (χ0n) is 11.1. The predicted octanol–water partition coefficient (Wildman–Crippen LogP) is 2.16. The third-order valence-corrected chi connectivity index (χ3v) is 5.63. The number of hydrogen-bond donors (Lipinski definition) is 2. The summed E-state index contributed by atoms with van der Waals surface area (Å²) in [6.07, 6.45) is 7.94. The summed E-state index contributed by atoms with van der Waals surface area (Å²) in [7, 11) is 0. The predicted molar refractivity (Wildman–Crippen MR) is 75.7 cm³/mol. The van der Waals surface area contributed by atoms with Gasteiger partial charge in [-0.3, -0.25) is 9.89 Å². The molecule has 104 valence electrons. The standard InChI is InChI=1S/C14H16N4OS/c19-12(11-7-9-3-1-4-10(9)20-11)17-14(5-2-6-14)13-15-8-16-18-13/h7-8H,1-6H2,(H,17,19)(H,15,16,18). The number of nitrogens with one attached hydrogen (secondary N) is 2. The monoisotopic (exact) mass is 288 g/mol. The van der Waals surface area contributed by atoms with E-state index in [0.29, 0.717) is 0 Å². The summed E-state index contributed by atoms with van der Waals surface area (Å²) >= 11 is 1.64. The molecule has 0 radical (unpaired) electrons. The molecule has 5 nitrogen and oxygen atoms in total. The summed E-state index contributed by atoms with van der Waals surface area (Å²) in [5.41, 5.74) is 1.03. The highest BCUT2D eigenvalue weighted by Crippen LogP contribution is 2.40. The molecule has 0 saturated heterocycles. The van der Waals surface area contributed by atoms with E-state index in [1.54, 1.807) is 11.3 Å². The maximum atomic E-state index is 12.5. The summed E-state index contributed by atoms with van der Waals surface area (Å²) < 4.78 is 0. The molecule has 6 heteroatoms. The number of aromatic amines is 1. The van der Waals surface area contributed by atoms with Gasteiger partial charge in [0.1, 0.15) is 12.2 Å². The number of hydrogen-bond acceptors (Lipinski definition) is 4. The Labute approximate surface area is 120 Å². The van der Waals surface area contributed by atoms with E-state index in [2.05, 4.69) is 26.6 Å². The molecule has 2 aromatic heterocycles. The minimum Gasteiger partial charge on any atom is -0.339 e. The highest BCUT2D eigenvalue weighted by atomic mass is 32.1. The number of rotatable bonds is 3. The second-order valence-electron chi connectivity index (χ2n) is 5.64. The van der Waals surface area contributed by atoms with E-state index in [9.17, 15) is 4.79 Å². The van der Waals surface area contributed by atoms with Crippen LogP contribution < -0.4 is 5.32 Å². The molecule has 1 amide bonds. The van der Waals surface area contributed by atoms with Gasteiger partial charge in [0.25, 0.3) is 5.91 Å². The van der Waals surface area contributed by atoms with Crippen molar-refractivity contribution in [1.29, 1.82) is 0 Å². The van der Waals surface area contributed by atoms with Crippen molar-refractivity contribution in [3.05, 3.63) is 33.5 Å². The molecule has 2 heterocycles. The summed E-state index contributed by atoms with van der Waals surface area (Å²) in [5, 5.41) is 9.98. The molecule has 1 saturated carbocycles. The topological polar surface area (TPSA) is 70.7 Å². The Hall–Kier alpha value is -1.69. The molecule has 0 bridgehead atoms. The zero-order chi connectivity index (χ0) is 13.6. The van der Waals surface area contributed by atoms with Crippen LogP contribution in [0.25, 0.3) is 0 Å². The number of nitrogens with zero attached hydrogens (tertiary/aromatic N) is 2. The first-order valence-electron chi connectivity index (χ1n) is 7.07.